The summed E-state index contributed by atoms with van der Waals surface area (Å²) in [5.74, 6) is -0.353. The second-order valence-corrected chi connectivity index (χ2v) is 5.23. The van der Waals surface area contributed by atoms with Crippen LogP contribution in [0, 0.1) is 19.7 Å². The summed E-state index contributed by atoms with van der Waals surface area (Å²) in [5.41, 5.74) is 4.02. The molecule has 0 aliphatic rings. The Hall–Kier alpha value is -1.05. The molecular weight excluding hydrogens is 270 g/mol. The van der Waals surface area contributed by atoms with Gasteiger partial charge in [0.05, 0.1) is 5.38 Å². The molecule has 0 fully saturated rings. The zero-order valence-corrected chi connectivity index (χ0v) is 11.7. The van der Waals surface area contributed by atoms with Gasteiger partial charge in [0.1, 0.15) is 5.82 Å². The quantitative estimate of drug-likeness (QED) is 0.645. The third kappa shape index (κ3) is 2.68. The van der Waals surface area contributed by atoms with Crippen molar-refractivity contribution in [1.82, 2.24) is 0 Å². The molecular formula is C15H13Cl2F. The van der Waals surface area contributed by atoms with Gasteiger partial charge in [-0.2, -0.15) is 0 Å². The topological polar surface area (TPSA) is 0 Å². The van der Waals surface area contributed by atoms with E-state index in [1.807, 2.05) is 26.0 Å². The highest BCUT2D eigenvalue weighted by atomic mass is 35.5. The fourth-order valence-corrected chi connectivity index (χ4v) is 2.75. The van der Waals surface area contributed by atoms with Crippen LogP contribution in [-0.4, -0.2) is 0 Å². The van der Waals surface area contributed by atoms with E-state index in [4.69, 9.17) is 23.2 Å². The first-order valence-corrected chi connectivity index (χ1v) is 6.46. The summed E-state index contributed by atoms with van der Waals surface area (Å²) in [4.78, 5) is 0. The van der Waals surface area contributed by atoms with Gasteiger partial charge in [-0.15, -0.1) is 11.6 Å². The Balaban J connectivity index is 2.44. The molecule has 0 nitrogen and oxygen atoms in total. The molecule has 0 heterocycles. The molecule has 2 aromatic carbocycles. The molecule has 0 N–H and O–H groups in total. The smallest absolute Gasteiger partial charge is 0.124 e. The molecule has 0 amide bonds. The van der Waals surface area contributed by atoms with Crippen molar-refractivity contribution in [2.45, 2.75) is 19.2 Å². The van der Waals surface area contributed by atoms with Crippen LogP contribution in [0.2, 0.25) is 5.02 Å². The molecule has 3 heteroatoms. The van der Waals surface area contributed by atoms with Crippen molar-refractivity contribution >= 4 is 23.2 Å². The number of halogens is 3. The highest BCUT2D eigenvalue weighted by Gasteiger charge is 2.16. The monoisotopic (exact) mass is 282 g/mol. The van der Waals surface area contributed by atoms with Crippen LogP contribution in [-0.2, 0) is 0 Å². The van der Waals surface area contributed by atoms with E-state index in [9.17, 15) is 4.39 Å². The molecule has 1 unspecified atom stereocenters. The van der Waals surface area contributed by atoms with Gasteiger partial charge in [0.2, 0.25) is 0 Å². The summed E-state index contributed by atoms with van der Waals surface area (Å²) in [6, 6.07) is 10.4. The summed E-state index contributed by atoms with van der Waals surface area (Å²) in [7, 11) is 0. The summed E-state index contributed by atoms with van der Waals surface area (Å²) in [6.07, 6.45) is 0. The Bertz CT molecular complexity index is 527. The number of benzene rings is 2. The van der Waals surface area contributed by atoms with Crippen LogP contribution in [0.5, 0.6) is 0 Å². The molecule has 0 aromatic heterocycles. The van der Waals surface area contributed by atoms with Gasteiger partial charge in [-0.3, -0.25) is 0 Å². The minimum absolute atomic E-state index is 0.353. The molecule has 0 aliphatic heterocycles. The largest absolute Gasteiger partial charge is 0.207 e. The molecule has 0 spiro atoms. The van der Waals surface area contributed by atoms with Crippen molar-refractivity contribution in [3.05, 3.63) is 69.5 Å². The summed E-state index contributed by atoms with van der Waals surface area (Å²) < 4.78 is 13.0. The van der Waals surface area contributed by atoms with Gasteiger partial charge in [-0.1, -0.05) is 41.4 Å². The van der Waals surface area contributed by atoms with Gasteiger partial charge in [-0.25, -0.2) is 4.39 Å². The number of alkyl halides is 1. The van der Waals surface area contributed by atoms with E-state index in [0.29, 0.717) is 5.02 Å². The lowest BCUT2D eigenvalue weighted by molar-refractivity contribution is 0.627. The second-order valence-electron chi connectivity index (χ2n) is 4.39. The van der Waals surface area contributed by atoms with Crippen LogP contribution < -0.4 is 0 Å². The van der Waals surface area contributed by atoms with Gasteiger partial charge < -0.3 is 0 Å². The van der Waals surface area contributed by atoms with Gasteiger partial charge in [-0.05, 0) is 42.7 Å². The summed E-state index contributed by atoms with van der Waals surface area (Å²) >= 11 is 12.5. The standard InChI is InChI=1S/C15H13Cl2F/c1-9-3-5-12(10(2)7-9)15(17)13-6-4-11(18)8-14(13)16/h3-8,15H,1-2H3. The fourth-order valence-electron chi connectivity index (χ4n) is 1.98. The first-order chi connectivity index (χ1) is 8.49. The van der Waals surface area contributed by atoms with Crippen molar-refractivity contribution in [3.63, 3.8) is 0 Å². The second kappa shape index (κ2) is 5.29. The fraction of sp³-hybridized carbons (Fsp3) is 0.200. The lowest BCUT2D eigenvalue weighted by atomic mass is 9.98. The first kappa shape index (κ1) is 13.4. The van der Waals surface area contributed by atoms with Gasteiger partial charge in [0.25, 0.3) is 0 Å². The lowest BCUT2D eigenvalue weighted by Gasteiger charge is -2.15. The molecule has 2 rings (SSSR count). The Morgan fingerprint density at radius 2 is 1.67 bits per heavy atom. The van der Waals surface area contributed by atoms with Crippen LogP contribution >= 0.6 is 23.2 Å². The van der Waals surface area contributed by atoms with Crippen LogP contribution in [0.15, 0.2) is 36.4 Å². The molecule has 1 atom stereocenters. The van der Waals surface area contributed by atoms with Crippen LogP contribution in [0.1, 0.15) is 27.6 Å². The summed E-state index contributed by atoms with van der Waals surface area (Å²) in [5, 5.41) is -0.00586. The molecule has 0 radical (unpaired) electrons. The van der Waals surface area contributed by atoms with Gasteiger partial charge in [0, 0.05) is 5.02 Å². The van der Waals surface area contributed by atoms with E-state index in [-0.39, 0.29) is 11.2 Å². The molecule has 0 saturated heterocycles. The molecule has 2 aromatic rings. The molecule has 0 saturated carbocycles. The van der Waals surface area contributed by atoms with E-state index in [1.165, 1.54) is 17.7 Å². The van der Waals surface area contributed by atoms with Crippen molar-refractivity contribution in [2.24, 2.45) is 0 Å². The Morgan fingerprint density at radius 3 is 2.28 bits per heavy atom. The highest BCUT2D eigenvalue weighted by molar-refractivity contribution is 6.33. The third-order valence-corrected chi connectivity index (χ3v) is 3.73. The Labute approximate surface area is 116 Å². The van der Waals surface area contributed by atoms with Crippen molar-refractivity contribution < 1.29 is 4.39 Å². The van der Waals surface area contributed by atoms with E-state index >= 15 is 0 Å². The number of hydrogen-bond acceptors (Lipinski definition) is 0. The highest BCUT2D eigenvalue weighted by Crippen LogP contribution is 2.35. The van der Waals surface area contributed by atoms with Crippen molar-refractivity contribution in [2.75, 3.05) is 0 Å². The van der Waals surface area contributed by atoms with E-state index in [0.717, 1.165) is 16.7 Å². The SMILES string of the molecule is Cc1ccc(C(Cl)c2ccc(F)cc2Cl)c(C)c1. The van der Waals surface area contributed by atoms with E-state index in [2.05, 4.69) is 6.07 Å². The predicted molar refractivity (Wildman–Crippen MR) is 75.0 cm³/mol. The third-order valence-electron chi connectivity index (χ3n) is 2.93. The van der Waals surface area contributed by atoms with Crippen LogP contribution in [0.3, 0.4) is 0 Å². The Kier molecular flexibility index (Phi) is 3.94. The van der Waals surface area contributed by atoms with Crippen LogP contribution in [0.4, 0.5) is 4.39 Å². The normalized spacial score (nSPS) is 12.5. The van der Waals surface area contributed by atoms with Gasteiger partial charge >= 0.3 is 0 Å². The molecule has 18 heavy (non-hydrogen) atoms. The zero-order chi connectivity index (χ0) is 13.3. The van der Waals surface area contributed by atoms with Crippen LogP contribution in [0.25, 0.3) is 0 Å². The van der Waals surface area contributed by atoms with E-state index in [1.54, 1.807) is 6.07 Å². The molecule has 0 aliphatic carbocycles. The van der Waals surface area contributed by atoms with Crippen molar-refractivity contribution in [3.8, 4) is 0 Å². The summed E-state index contributed by atoms with van der Waals surface area (Å²) in [6.45, 7) is 4.04. The number of hydrogen-bond donors (Lipinski definition) is 0. The van der Waals surface area contributed by atoms with Crippen molar-refractivity contribution in [1.29, 1.82) is 0 Å². The van der Waals surface area contributed by atoms with Gasteiger partial charge in [0.15, 0.2) is 0 Å². The predicted octanol–water partition coefficient (Wildman–Crippen LogP) is 5.42. The minimum atomic E-state index is -0.362. The average molecular weight is 283 g/mol. The lowest BCUT2D eigenvalue weighted by Crippen LogP contribution is -1.98. The maximum absolute atomic E-state index is 13.0. The molecule has 0 bridgehead atoms. The first-order valence-electron chi connectivity index (χ1n) is 5.65. The maximum atomic E-state index is 13.0. The maximum Gasteiger partial charge on any atom is 0.124 e. The minimum Gasteiger partial charge on any atom is -0.207 e. The van der Waals surface area contributed by atoms with E-state index < -0.39 is 0 Å². The molecule has 94 valence electrons. The Morgan fingerprint density at radius 1 is 1.00 bits per heavy atom. The number of aryl methyl sites for hydroxylation is 2. The zero-order valence-electron chi connectivity index (χ0n) is 10.2. The average Bonchev–Trinajstić information content (AvgIpc) is 2.28. The number of rotatable bonds is 2.